The van der Waals surface area contributed by atoms with Gasteiger partial charge >= 0.3 is 0 Å². The Morgan fingerprint density at radius 2 is 1.95 bits per heavy atom. The molecule has 0 heterocycles. The molecule has 0 unspecified atom stereocenters. The predicted octanol–water partition coefficient (Wildman–Crippen LogP) is 3.16. The standard InChI is InChI=1S/C14H14BrFN2O2S/c1-9-2-5-13(12(16)6-9)18-21(19,20)14-7-10(8-17)3-4-11(14)15/h2-7,18H,8,17H2,1H3. The Kier molecular flexibility index (Phi) is 4.65. The van der Waals surface area contributed by atoms with Gasteiger partial charge in [0, 0.05) is 11.0 Å². The number of nitrogens with one attached hydrogen (secondary N) is 1. The van der Waals surface area contributed by atoms with Crippen molar-refractivity contribution < 1.29 is 12.8 Å². The van der Waals surface area contributed by atoms with E-state index in [1.165, 1.54) is 18.2 Å². The minimum Gasteiger partial charge on any atom is -0.326 e. The highest BCUT2D eigenvalue weighted by Gasteiger charge is 2.19. The van der Waals surface area contributed by atoms with E-state index in [0.29, 0.717) is 15.6 Å². The lowest BCUT2D eigenvalue weighted by molar-refractivity contribution is 0.598. The van der Waals surface area contributed by atoms with Crippen LogP contribution < -0.4 is 10.5 Å². The molecule has 0 radical (unpaired) electrons. The van der Waals surface area contributed by atoms with E-state index in [2.05, 4.69) is 20.7 Å². The van der Waals surface area contributed by atoms with E-state index >= 15 is 0 Å². The molecule has 0 amide bonds. The highest BCUT2D eigenvalue weighted by Crippen LogP contribution is 2.26. The first-order chi connectivity index (χ1) is 9.83. The summed E-state index contributed by atoms with van der Waals surface area (Å²) in [4.78, 5) is 0.0189. The molecule has 2 aromatic rings. The molecular formula is C14H14BrFN2O2S. The fourth-order valence-corrected chi connectivity index (χ4v) is 3.87. The first-order valence-electron chi connectivity index (χ1n) is 6.11. The van der Waals surface area contributed by atoms with Crippen LogP contribution in [0.3, 0.4) is 0 Å². The predicted molar refractivity (Wildman–Crippen MR) is 84.0 cm³/mol. The number of hydrogen-bond donors (Lipinski definition) is 2. The number of halogens is 2. The molecule has 0 saturated carbocycles. The van der Waals surface area contributed by atoms with Gasteiger partial charge in [-0.05, 0) is 58.2 Å². The maximum atomic E-state index is 13.8. The van der Waals surface area contributed by atoms with Gasteiger partial charge in [-0.25, -0.2) is 12.8 Å². The molecule has 2 aromatic carbocycles. The summed E-state index contributed by atoms with van der Waals surface area (Å²) in [5.74, 6) is -0.621. The zero-order valence-corrected chi connectivity index (χ0v) is 13.6. The highest BCUT2D eigenvalue weighted by atomic mass is 79.9. The maximum absolute atomic E-state index is 13.8. The second kappa shape index (κ2) is 6.13. The lowest BCUT2D eigenvalue weighted by Crippen LogP contribution is -2.15. The summed E-state index contributed by atoms with van der Waals surface area (Å²) >= 11 is 3.19. The van der Waals surface area contributed by atoms with Crippen LogP contribution in [0.25, 0.3) is 0 Å². The lowest BCUT2D eigenvalue weighted by Gasteiger charge is -2.12. The number of aryl methyl sites for hydroxylation is 1. The SMILES string of the molecule is Cc1ccc(NS(=O)(=O)c2cc(CN)ccc2Br)c(F)c1. The van der Waals surface area contributed by atoms with Gasteiger partial charge in [0.05, 0.1) is 5.69 Å². The van der Waals surface area contributed by atoms with Crippen LogP contribution in [0, 0.1) is 12.7 Å². The normalized spacial score (nSPS) is 11.4. The van der Waals surface area contributed by atoms with Crippen LogP contribution in [-0.2, 0) is 16.6 Å². The third kappa shape index (κ3) is 3.61. The van der Waals surface area contributed by atoms with Gasteiger partial charge in [-0.2, -0.15) is 0 Å². The minimum atomic E-state index is -3.90. The molecule has 0 saturated heterocycles. The molecular weight excluding hydrogens is 359 g/mol. The highest BCUT2D eigenvalue weighted by molar-refractivity contribution is 9.10. The van der Waals surface area contributed by atoms with Crippen molar-refractivity contribution in [2.75, 3.05) is 4.72 Å². The van der Waals surface area contributed by atoms with E-state index in [0.717, 1.165) is 0 Å². The van der Waals surface area contributed by atoms with Crippen molar-refractivity contribution in [1.29, 1.82) is 0 Å². The number of rotatable bonds is 4. The number of nitrogens with two attached hydrogens (primary N) is 1. The molecule has 112 valence electrons. The third-order valence-electron chi connectivity index (χ3n) is 2.89. The molecule has 4 nitrogen and oxygen atoms in total. The summed E-state index contributed by atoms with van der Waals surface area (Å²) in [6, 6.07) is 9.06. The maximum Gasteiger partial charge on any atom is 0.263 e. The fourth-order valence-electron chi connectivity index (χ4n) is 1.78. The van der Waals surface area contributed by atoms with Crippen molar-refractivity contribution >= 4 is 31.6 Å². The zero-order chi connectivity index (χ0) is 15.6. The second-order valence-corrected chi connectivity index (χ2v) is 7.06. The smallest absolute Gasteiger partial charge is 0.263 e. The van der Waals surface area contributed by atoms with Gasteiger partial charge in [-0.1, -0.05) is 12.1 Å². The van der Waals surface area contributed by atoms with Crippen LogP contribution in [-0.4, -0.2) is 8.42 Å². The van der Waals surface area contributed by atoms with E-state index in [9.17, 15) is 12.8 Å². The van der Waals surface area contributed by atoms with Crippen LogP contribution in [0.1, 0.15) is 11.1 Å². The number of sulfonamides is 1. The Labute approximate surface area is 131 Å². The van der Waals surface area contributed by atoms with E-state index < -0.39 is 15.8 Å². The van der Waals surface area contributed by atoms with Gasteiger partial charge in [0.1, 0.15) is 10.7 Å². The van der Waals surface area contributed by atoms with Crippen molar-refractivity contribution in [3.63, 3.8) is 0 Å². The molecule has 0 atom stereocenters. The molecule has 7 heteroatoms. The molecule has 0 bridgehead atoms. The van der Waals surface area contributed by atoms with Crippen molar-refractivity contribution in [3.8, 4) is 0 Å². The summed E-state index contributed by atoms with van der Waals surface area (Å²) in [6.45, 7) is 1.94. The van der Waals surface area contributed by atoms with Gasteiger partial charge in [0.25, 0.3) is 10.0 Å². The minimum absolute atomic E-state index is 0.0189. The van der Waals surface area contributed by atoms with Crippen molar-refractivity contribution in [2.24, 2.45) is 5.73 Å². The first kappa shape index (κ1) is 15.9. The first-order valence-corrected chi connectivity index (χ1v) is 8.38. The molecule has 0 spiro atoms. The average molecular weight is 373 g/mol. The molecule has 0 aliphatic rings. The van der Waals surface area contributed by atoms with Crippen LogP contribution >= 0.6 is 15.9 Å². The summed E-state index contributed by atoms with van der Waals surface area (Å²) in [5.41, 5.74) is 6.80. The van der Waals surface area contributed by atoms with E-state index in [1.54, 1.807) is 25.1 Å². The van der Waals surface area contributed by atoms with Crippen molar-refractivity contribution in [2.45, 2.75) is 18.4 Å². The van der Waals surface area contributed by atoms with Crippen LogP contribution in [0.15, 0.2) is 45.8 Å². The number of anilines is 1. The molecule has 3 N–H and O–H groups in total. The Morgan fingerprint density at radius 3 is 2.57 bits per heavy atom. The Hall–Kier alpha value is -1.44. The number of benzene rings is 2. The van der Waals surface area contributed by atoms with E-state index in [-0.39, 0.29) is 17.1 Å². The molecule has 0 aliphatic carbocycles. The van der Waals surface area contributed by atoms with E-state index in [4.69, 9.17) is 5.73 Å². The summed E-state index contributed by atoms with van der Waals surface area (Å²) < 4.78 is 41.2. The van der Waals surface area contributed by atoms with Crippen molar-refractivity contribution in [3.05, 3.63) is 57.8 Å². The summed E-state index contributed by atoms with van der Waals surface area (Å²) in [5, 5.41) is 0. The zero-order valence-electron chi connectivity index (χ0n) is 11.2. The Morgan fingerprint density at radius 1 is 1.24 bits per heavy atom. The molecule has 0 aromatic heterocycles. The van der Waals surface area contributed by atoms with Gasteiger partial charge in [-0.3, -0.25) is 4.72 Å². The summed E-state index contributed by atoms with van der Waals surface area (Å²) in [7, 11) is -3.90. The van der Waals surface area contributed by atoms with Crippen LogP contribution in [0.5, 0.6) is 0 Å². The van der Waals surface area contributed by atoms with Gasteiger partial charge < -0.3 is 5.73 Å². The lowest BCUT2D eigenvalue weighted by atomic mass is 10.2. The van der Waals surface area contributed by atoms with Gasteiger partial charge in [-0.15, -0.1) is 0 Å². The molecule has 21 heavy (non-hydrogen) atoms. The Bertz CT molecular complexity index is 779. The Balaban J connectivity index is 2.43. The van der Waals surface area contributed by atoms with Crippen LogP contribution in [0.4, 0.5) is 10.1 Å². The third-order valence-corrected chi connectivity index (χ3v) is 5.25. The largest absolute Gasteiger partial charge is 0.326 e. The fraction of sp³-hybridized carbons (Fsp3) is 0.143. The van der Waals surface area contributed by atoms with Gasteiger partial charge in [0.15, 0.2) is 0 Å². The average Bonchev–Trinajstić information content (AvgIpc) is 2.42. The topological polar surface area (TPSA) is 72.2 Å². The quantitative estimate of drug-likeness (QED) is 0.865. The number of hydrogen-bond acceptors (Lipinski definition) is 3. The monoisotopic (exact) mass is 372 g/mol. The summed E-state index contributed by atoms with van der Waals surface area (Å²) in [6.07, 6.45) is 0. The molecule has 0 fully saturated rings. The van der Waals surface area contributed by atoms with Crippen molar-refractivity contribution in [1.82, 2.24) is 0 Å². The molecule has 0 aliphatic heterocycles. The second-order valence-electron chi connectivity index (χ2n) is 4.56. The molecule has 2 rings (SSSR count). The van der Waals surface area contributed by atoms with Crippen LogP contribution in [0.2, 0.25) is 0 Å². The van der Waals surface area contributed by atoms with Gasteiger partial charge in [0.2, 0.25) is 0 Å². The van der Waals surface area contributed by atoms with E-state index in [1.807, 2.05) is 0 Å².